The van der Waals surface area contributed by atoms with Gasteiger partial charge in [0.05, 0.1) is 10.3 Å². The molecule has 0 bridgehead atoms. The third kappa shape index (κ3) is 2.25. The Morgan fingerprint density at radius 2 is 2.25 bits per heavy atom. The van der Waals surface area contributed by atoms with Crippen molar-refractivity contribution in [1.29, 1.82) is 5.26 Å². The zero-order valence-electron chi connectivity index (χ0n) is 8.36. The van der Waals surface area contributed by atoms with Crippen LogP contribution in [0.4, 0.5) is 5.69 Å². The number of nitro benzene ring substituents is 1. The fourth-order valence-corrected chi connectivity index (χ4v) is 1.62. The minimum absolute atomic E-state index is 0.0300. The van der Waals surface area contributed by atoms with Gasteiger partial charge in [0.15, 0.2) is 5.78 Å². The van der Waals surface area contributed by atoms with Crippen LogP contribution in [0.5, 0.6) is 0 Å². The molecule has 0 heterocycles. The Morgan fingerprint density at radius 1 is 1.62 bits per heavy atom. The molecule has 1 rings (SSSR count). The average Bonchev–Trinajstić information content (AvgIpc) is 2.26. The highest BCUT2D eigenvalue weighted by molar-refractivity contribution is 9.09. The van der Waals surface area contributed by atoms with Crippen molar-refractivity contribution < 1.29 is 9.72 Å². The number of ketones is 1. The first kappa shape index (κ1) is 12.3. The summed E-state index contributed by atoms with van der Waals surface area (Å²) in [5.74, 6) is -0.344. The zero-order chi connectivity index (χ0) is 12.3. The van der Waals surface area contributed by atoms with Gasteiger partial charge in [0.25, 0.3) is 5.69 Å². The fourth-order valence-electron chi connectivity index (χ4n) is 1.32. The number of Topliss-reactive ketones (excluding diaryl/α,β-unsaturated/α-hetero) is 1. The van der Waals surface area contributed by atoms with Crippen LogP contribution in [0.3, 0.4) is 0 Å². The second kappa shape index (κ2) is 4.86. The molecule has 6 heteroatoms. The molecule has 0 saturated carbocycles. The zero-order valence-corrected chi connectivity index (χ0v) is 9.94. The van der Waals surface area contributed by atoms with Crippen LogP contribution in [0.15, 0.2) is 12.1 Å². The summed E-state index contributed by atoms with van der Waals surface area (Å²) in [5.41, 5.74) is 0.160. The molecule has 0 aromatic heterocycles. The number of carbonyl (C=O) groups is 1. The van der Waals surface area contributed by atoms with Gasteiger partial charge >= 0.3 is 0 Å². The topological polar surface area (TPSA) is 84.0 Å². The van der Waals surface area contributed by atoms with E-state index in [2.05, 4.69) is 15.9 Å². The van der Waals surface area contributed by atoms with Crippen molar-refractivity contribution in [2.24, 2.45) is 0 Å². The van der Waals surface area contributed by atoms with Crippen LogP contribution in [0.2, 0.25) is 0 Å². The summed E-state index contributed by atoms with van der Waals surface area (Å²) in [6.45, 7) is 1.64. The number of aryl methyl sites for hydroxylation is 1. The second-order valence-electron chi connectivity index (χ2n) is 3.13. The van der Waals surface area contributed by atoms with E-state index in [9.17, 15) is 14.9 Å². The van der Waals surface area contributed by atoms with E-state index in [4.69, 9.17) is 5.26 Å². The van der Waals surface area contributed by atoms with Crippen molar-refractivity contribution in [3.63, 3.8) is 0 Å². The van der Waals surface area contributed by atoms with Crippen LogP contribution in [0.25, 0.3) is 0 Å². The minimum atomic E-state index is -0.656. The highest BCUT2D eigenvalue weighted by atomic mass is 79.9. The van der Waals surface area contributed by atoms with E-state index in [0.29, 0.717) is 5.56 Å². The number of nitriles is 1. The molecule has 0 saturated heterocycles. The molecule has 0 radical (unpaired) electrons. The Kier molecular flexibility index (Phi) is 3.74. The van der Waals surface area contributed by atoms with E-state index in [0.717, 1.165) is 0 Å². The second-order valence-corrected chi connectivity index (χ2v) is 3.69. The van der Waals surface area contributed by atoms with Crippen molar-refractivity contribution >= 4 is 27.4 Å². The van der Waals surface area contributed by atoms with E-state index in [1.165, 1.54) is 12.1 Å². The van der Waals surface area contributed by atoms with Gasteiger partial charge in [0.1, 0.15) is 11.6 Å². The van der Waals surface area contributed by atoms with Crippen LogP contribution in [0.1, 0.15) is 21.5 Å². The normalized spacial score (nSPS) is 9.56. The summed E-state index contributed by atoms with van der Waals surface area (Å²) < 4.78 is 0. The molecule has 0 aliphatic carbocycles. The molecule has 1 aromatic carbocycles. The third-order valence-electron chi connectivity index (χ3n) is 1.99. The Bertz CT molecular complexity index is 506. The maximum Gasteiger partial charge on any atom is 0.288 e. The summed E-state index contributed by atoms with van der Waals surface area (Å²) in [4.78, 5) is 21.6. The van der Waals surface area contributed by atoms with Crippen molar-refractivity contribution in [2.75, 3.05) is 5.33 Å². The maximum absolute atomic E-state index is 11.5. The molecule has 82 valence electrons. The first-order valence-corrected chi connectivity index (χ1v) is 5.41. The number of nitro groups is 1. The molecule has 0 aliphatic rings. The van der Waals surface area contributed by atoms with Crippen LogP contribution in [0, 0.1) is 28.4 Å². The van der Waals surface area contributed by atoms with Gasteiger partial charge in [-0.15, -0.1) is 0 Å². The summed E-state index contributed by atoms with van der Waals surface area (Å²) in [7, 11) is 0. The molecule has 0 amide bonds. The van der Waals surface area contributed by atoms with Gasteiger partial charge < -0.3 is 0 Å². The summed E-state index contributed by atoms with van der Waals surface area (Å²) in [5, 5.41) is 19.6. The van der Waals surface area contributed by atoms with E-state index in [1.807, 2.05) is 0 Å². The largest absolute Gasteiger partial charge is 0.293 e. The fraction of sp³-hybridized carbons (Fsp3) is 0.200. The quantitative estimate of drug-likeness (QED) is 0.369. The molecule has 0 spiro atoms. The van der Waals surface area contributed by atoms with Crippen molar-refractivity contribution in [2.45, 2.75) is 6.92 Å². The lowest BCUT2D eigenvalue weighted by Crippen LogP contribution is -2.06. The Balaban J connectivity index is 3.56. The van der Waals surface area contributed by atoms with Gasteiger partial charge in [-0.05, 0) is 18.6 Å². The molecule has 0 fully saturated rings. The smallest absolute Gasteiger partial charge is 0.288 e. The third-order valence-corrected chi connectivity index (χ3v) is 2.50. The molecule has 5 nitrogen and oxygen atoms in total. The van der Waals surface area contributed by atoms with Crippen molar-refractivity contribution in [3.8, 4) is 6.07 Å². The van der Waals surface area contributed by atoms with Crippen molar-refractivity contribution in [3.05, 3.63) is 38.9 Å². The number of rotatable bonds is 3. The molecular formula is C10H7BrN2O3. The molecular weight excluding hydrogens is 276 g/mol. The van der Waals surface area contributed by atoms with Crippen LogP contribution in [-0.4, -0.2) is 16.0 Å². The molecule has 16 heavy (non-hydrogen) atoms. The molecule has 0 atom stereocenters. The van der Waals surface area contributed by atoms with E-state index in [-0.39, 0.29) is 27.9 Å². The lowest BCUT2D eigenvalue weighted by molar-refractivity contribution is -0.385. The van der Waals surface area contributed by atoms with E-state index < -0.39 is 4.92 Å². The van der Waals surface area contributed by atoms with Crippen LogP contribution >= 0.6 is 15.9 Å². The van der Waals surface area contributed by atoms with Crippen LogP contribution < -0.4 is 0 Å². The first-order valence-electron chi connectivity index (χ1n) is 4.29. The molecule has 0 aliphatic heterocycles. The average molecular weight is 283 g/mol. The minimum Gasteiger partial charge on any atom is -0.293 e. The highest BCUT2D eigenvalue weighted by Gasteiger charge is 2.21. The van der Waals surface area contributed by atoms with E-state index in [1.54, 1.807) is 13.0 Å². The SMILES string of the molecule is Cc1cc(C(=O)CBr)c(C#N)c([N+](=O)[O-])c1. The van der Waals surface area contributed by atoms with Crippen molar-refractivity contribution in [1.82, 2.24) is 0 Å². The number of carbonyl (C=O) groups excluding carboxylic acids is 1. The number of alkyl halides is 1. The summed E-state index contributed by atoms with van der Waals surface area (Å²) in [6, 6.07) is 4.47. The lowest BCUT2D eigenvalue weighted by atomic mass is 10.0. The number of nitrogens with zero attached hydrogens (tertiary/aromatic N) is 2. The number of hydrogen-bond acceptors (Lipinski definition) is 4. The molecule has 1 aromatic rings. The Hall–Kier alpha value is -1.74. The number of halogens is 1. The van der Waals surface area contributed by atoms with Gasteiger partial charge in [-0.1, -0.05) is 15.9 Å². The van der Waals surface area contributed by atoms with Crippen LogP contribution in [-0.2, 0) is 0 Å². The Morgan fingerprint density at radius 3 is 2.69 bits per heavy atom. The lowest BCUT2D eigenvalue weighted by Gasteiger charge is -2.03. The van der Waals surface area contributed by atoms with Gasteiger partial charge in [0.2, 0.25) is 0 Å². The molecule has 0 unspecified atom stereocenters. The molecule has 0 N–H and O–H groups in total. The van der Waals surface area contributed by atoms with Gasteiger partial charge in [-0.3, -0.25) is 14.9 Å². The van der Waals surface area contributed by atoms with Gasteiger partial charge in [-0.25, -0.2) is 0 Å². The monoisotopic (exact) mass is 282 g/mol. The highest BCUT2D eigenvalue weighted by Crippen LogP contribution is 2.24. The predicted octanol–water partition coefficient (Wildman–Crippen LogP) is 2.35. The first-order chi connectivity index (χ1) is 7.51. The maximum atomic E-state index is 11.5. The number of hydrogen-bond donors (Lipinski definition) is 0. The Labute approximate surface area is 100.0 Å². The van der Waals surface area contributed by atoms with Gasteiger partial charge in [0, 0.05) is 11.6 Å². The summed E-state index contributed by atoms with van der Waals surface area (Å²) >= 11 is 2.97. The summed E-state index contributed by atoms with van der Waals surface area (Å²) in [6.07, 6.45) is 0. The number of benzene rings is 1. The predicted molar refractivity (Wildman–Crippen MR) is 60.7 cm³/mol. The van der Waals surface area contributed by atoms with E-state index >= 15 is 0 Å². The standard InChI is InChI=1S/C10H7BrN2O3/c1-6-2-7(10(14)4-11)8(5-12)9(3-6)13(15)16/h2-3H,4H2,1H3. The van der Waals surface area contributed by atoms with Gasteiger partial charge in [-0.2, -0.15) is 5.26 Å².